The van der Waals surface area contributed by atoms with Crippen LogP contribution in [0.1, 0.15) is 16.7 Å². The number of hydrogen-bond donors (Lipinski definition) is 0. The molecule has 0 aliphatic rings. The third kappa shape index (κ3) is 4.86. The van der Waals surface area contributed by atoms with E-state index >= 15 is 0 Å². The Hall–Kier alpha value is -4.04. The van der Waals surface area contributed by atoms with E-state index < -0.39 is 0 Å². The van der Waals surface area contributed by atoms with Gasteiger partial charge >= 0.3 is 0 Å². The molecule has 0 aliphatic carbocycles. The third-order valence-corrected chi connectivity index (χ3v) is 4.74. The number of aliphatic imine (C=N–C) groups is 1. The van der Waals surface area contributed by atoms with Gasteiger partial charge in [-0.15, -0.1) is 0 Å². The van der Waals surface area contributed by atoms with E-state index in [0.717, 1.165) is 39.4 Å². The standard InChI is InChI=1S/C28H22N2/c1-22(24-12-6-3-7-13-24)30-28(20-15-23-10-4-2-5-11-23)26-18-16-25(17-19-26)27-14-8-9-21-29-27/h2-21H,1H2/b20-15+,30-28?. The van der Waals surface area contributed by atoms with E-state index in [2.05, 4.69) is 54.0 Å². The lowest BCUT2D eigenvalue weighted by molar-refractivity contribution is 1.33. The quantitative estimate of drug-likeness (QED) is 0.330. The molecule has 1 aromatic heterocycles. The Morgan fingerprint density at radius 1 is 0.700 bits per heavy atom. The maximum atomic E-state index is 4.85. The first-order valence-corrected chi connectivity index (χ1v) is 9.87. The van der Waals surface area contributed by atoms with Gasteiger partial charge in [0.2, 0.25) is 0 Å². The largest absolute Gasteiger partial charge is 0.256 e. The SMILES string of the molecule is C=C(N=C(/C=C/c1ccccc1)c1ccc(-c2ccccn2)cc1)c1ccccc1. The predicted molar refractivity (Wildman–Crippen MR) is 127 cm³/mol. The molecule has 4 aromatic rings. The molecule has 0 amide bonds. The van der Waals surface area contributed by atoms with E-state index in [1.807, 2.05) is 79.0 Å². The van der Waals surface area contributed by atoms with E-state index in [-0.39, 0.29) is 0 Å². The molecule has 0 unspecified atom stereocenters. The zero-order valence-electron chi connectivity index (χ0n) is 16.6. The number of benzene rings is 3. The monoisotopic (exact) mass is 386 g/mol. The number of aromatic nitrogens is 1. The molecule has 0 saturated carbocycles. The molecule has 4 rings (SSSR count). The number of hydrogen-bond acceptors (Lipinski definition) is 2. The third-order valence-electron chi connectivity index (χ3n) is 4.74. The summed E-state index contributed by atoms with van der Waals surface area (Å²) in [7, 11) is 0. The van der Waals surface area contributed by atoms with Crippen molar-refractivity contribution in [2.24, 2.45) is 4.99 Å². The van der Waals surface area contributed by atoms with Gasteiger partial charge in [-0.1, -0.05) is 104 Å². The molecule has 0 fully saturated rings. The zero-order chi connectivity index (χ0) is 20.6. The normalized spacial score (nSPS) is 11.5. The van der Waals surface area contributed by atoms with Gasteiger partial charge in [0.1, 0.15) is 0 Å². The van der Waals surface area contributed by atoms with Crippen molar-refractivity contribution in [2.75, 3.05) is 0 Å². The highest BCUT2D eigenvalue weighted by molar-refractivity contribution is 6.12. The van der Waals surface area contributed by atoms with Crippen molar-refractivity contribution < 1.29 is 0 Å². The Bertz CT molecular complexity index is 1160. The molecule has 2 heteroatoms. The van der Waals surface area contributed by atoms with Crippen LogP contribution in [0.2, 0.25) is 0 Å². The van der Waals surface area contributed by atoms with Crippen LogP contribution in [0.5, 0.6) is 0 Å². The summed E-state index contributed by atoms with van der Waals surface area (Å²) in [6.07, 6.45) is 5.92. The van der Waals surface area contributed by atoms with Crippen molar-refractivity contribution in [3.05, 3.63) is 139 Å². The maximum Gasteiger partial charge on any atom is 0.0709 e. The molecule has 0 spiro atoms. The van der Waals surface area contributed by atoms with Crippen LogP contribution in [-0.4, -0.2) is 10.7 Å². The van der Waals surface area contributed by atoms with E-state index in [4.69, 9.17) is 4.99 Å². The minimum absolute atomic E-state index is 0.733. The van der Waals surface area contributed by atoms with Crippen molar-refractivity contribution in [1.29, 1.82) is 0 Å². The van der Waals surface area contributed by atoms with Gasteiger partial charge in [0, 0.05) is 17.3 Å². The summed E-state index contributed by atoms with van der Waals surface area (Å²) < 4.78 is 0. The first-order chi connectivity index (χ1) is 14.8. The van der Waals surface area contributed by atoms with Crippen LogP contribution in [-0.2, 0) is 0 Å². The van der Waals surface area contributed by atoms with Crippen molar-refractivity contribution in [3.63, 3.8) is 0 Å². The van der Waals surface area contributed by atoms with E-state index in [1.54, 1.807) is 0 Å². The first kappa shape index (κ1) is 19.3. The van der Waals surface area contributed by atoms with Gasteiger partial charge in [-0.05, 0) is 29.3 Å². The Labute approximate surface area is 177 Å². The second kappa shape index (κ2) is 9.44. The summed E-state index contributed by atoms with van der Waals surface area (Å²) in [6, 6.07) is 34.5. The minimum atomic E-state index is 0.733. The summed E-state index contributed by atoms with van der Waals surface area (Å²) in [5, 5.41) is 0. The summed E-state index contributed by atoms with van der Waals surface area (Å²) in [6.45, 7) is 4.18. The number of rotatable bonds is 6. The molecular formula is C28H22N2. The summed E-state index contributed by atoms with van der Waals surface area (Å²) >= 11 is 0. The molecule has 0 N–H and O–H groups in total. The van der Waals surface area contributed by atoms with Crippen LogP contribution in [0.25, 0.3) is 23.0 Å². The molecule has 0 saturated heterocycles. The van der Waals surface area contributed by atoms with Crippen molar-refractivity contribution >= 4 is 17.5 Å². The second-order valence-corrected chi connectivity index (χ2v) is 6.85. The highest BCUT2D eigenvalue weighted by Crippen LogP contribution is 2.20. The molecule has 0 atom stereocenters. The number of nitrogens with zero attached hydrogens (tertiary/aromatic N) is 2. The van der Waals surface area contributed by atoms with Crippen LogP contribution >= 0.6 is 0 Å². The number of pyridine rings is 1. The Kier molecular flexibility index (Phi) is 6.07. The average molecular weight is 386 g/mol. The Morgan fingerprint density at radius 3 is 2.03 bits per heavy atom. The van der Waals surface area contributed by atoms with Gasteiger partial charge in [0.15, 0.2) is 0 Å². The first-order valence-electron chi connectivity index (χ1n) is 9.87. The average Bonchev–Trinajstić information content (AvgIpc) is 2.83. The molecule has 30 heavy (non-hydrogen) atoms. The summed E-state index contributed by atoms with van der Waals surface area (Å²) in [4.78, 5) is 9.28. The molecular weight excluding hydrogens is 364 g/mol. The van der Waals surface area contributed by atoms with Crippen LogP contribution in [0.3, 0.4) is 0 Å². The van der Waals surface area contributed by atoms with E-state index in [9.17, 15) is 0 Å². The van der Waals surface area contributed by atoms with Gasteiger partial charge in [0.05, 0.1) is 17.1 Å². The molecule has 1 heterocycles. The second-order valence-electron chi connectivity index (χ2n) is 6.85. The maximum absolute atomic E-state index is 4.85. The molecule has 0 aliphatic heterocycles. The lowest BCUT2D eigenvalue weighted by Gasteiger charge is -2.07. The van der Waals surface area contributed by atoms with Crippen LogP contribution < -0.4 is 0 Å². The van der Waals surface area contributed by atoms with Crippen LogP contribution in [0.15, 0.2) is 127 Å². The van der Waals surface area contributed by atoms with E-state index in [1.165, 1.54) is 0 Å². The van der Waals surface area contributed by atoms with Gasteiger partial charge in [-0.3, -0.25) is 4.98 Å². The Morgan fingerprint density at radius 2 is 1.37 bits per heavy atom. The molecule has 3 aromatic carbocycles. The van der Waals surface area contributed by atoms with Gasteiger partial charge in [-0.25, -0.2) is 4.99 Å². The highest BCUT2D eigenvalue weighted by atomic mass is 14.8. The predicted octanol–water partition coefficient (Wildman–Crippen LogP) is 6.92. The lowest BCUT2D eigenvalue weighted by Crippen LogP contribution is -1.98. The number of allylic oxidation sites excluding steroid dienone is 1. The fourth-order valence-electron chi connectivity index (χ4n) is 3.12. The molecule has 0 radical (unpaired) electrons. The van der Waals surface area contributed by atoms with Crippen LogP contribution in [0, 0.1) is 0 Å². The lowest BCUT2D eigenvalue weighted by atomic mass is 10.0. The van der Waals surface area contributed by atoms with Gasteiger partial charge < -0.3 is 0 Å². The van der Waals surface area contributed by atoms with Crippen molar-refractivity contribution in [1.82, 2.24) is 4.98 Å². The summed E-state index contributed by atoms with van der Waals surface area (Å²) in [5.74, 6) is 0. The van der Waals surface area contributed by atoms with E-state index in [0.29, 0.717) is 0 Å². The van der Waals surface area contributed by atoms with Crippen LogP contribution in [0.4, 0.5) is 0 Å². The molecule has 144 valence electrons. The fourth-order valence-corrected chi connectivity index (χ4v) is 3.12. The van der Waals surface area contributed by atoms with Crippen molar-refractivity contribution in [2.45, 2.75) is 0 Å². The summed E-state index contributed by atoms with van der Waals surface area (Å²) in [5.41, 5.74) is 6.79. The minimum Gasteiger partial charge on any atom is -0.256 e. The molecule has 0 bridgehead atoms. The molecule has 2 nitrogen and oxygen atoms in total. The Balaban J connectivity index is 1.68. The van der Waals surface area contributed by atoms with Gasteiger partial charge in [0.25, 0.3) is 0 Å². The smallest absolute Gasteiger partial charge is 0.0709 e. The zero-order valence-corrected chi connectivity index (χ0v) is 16.6. The van der Waals surface area contributed by atoms with Crippen molar-refractivity contribution in [3.8, 4) is 11.3 Å². The topological polar surface area (TPSA) is 25.2 Å². The van der Waals surface area contributed by atoms with Gasteiger partial charge in [-0.2, -0.15) is 0 Å². The fraction of sp³-hybridized carbons (Fsp3) is 0. The highest BCUT2D eigenvalue weighted by Gasteiger charge is 2.05.